The molecule has 94 valence electrons. The summed E-state index contributed by atoms with van der Waals surface area (Å²) in [6, 6.07) is 0. The van der Waals surface area contributed by atoms with Crippen LogP contribution >= 0.6 is 45.2 Å². The molecule has 2 aliphatic rings. The average molecular weight is 458 g/mol. The van der Waals surface area contributed by atoms with Gasteiger partial charge >= 0.3 is 5.97 Å². The summed E-state index contributed by atoms with van der Waals surface area (Å²) in [5.74, 6) is 0.782. The minimum Gasteiger partial charge on any atom is -0.466 e. The van der Waals surface area contributed by atoms with Gasteiger partial charge in [-0.3, -0.25) is 0 Å². The van der Waals surface area contributed by atoms with E-state index in [4.69, 9.17) is 4.74 Å². The number of hydrogen-bond acceptors (Lipinski definition) is 2. The Morgan fingerprint density at radius 1 is 1.29 bits per heavy atom. The highest BCUT2D eigenvalue weighted by atomic mass is 127. The standard InChI is InChI=1S/C13H16I2O2/c1-17-13(16)9-7-10(14)12(15)11(9)8-5-3-2-4-6-8/h7-8,11H,2-6H2,1H3. The molecule has 4 heteroatoms. The molecule has 1 saturated carbocycles. The van der Waals surface area contributed by atoms with Crippen molar-refractivity contribution in [3.8, 4) is 0 Å². The summed E-state index contributed by atoms with van der Waals surface area (Å²) in [5, 5.41) is 0. The molecule has 1 unspecified atom stereocenters. The molecule has 1 atom stereocenters. The second-order valence-corrected chi connectivity index (χ2v) is 6.99. The molecule has 2 rings (SSSR count). The Morgan fingerprint density at radius 2 is 1.94 bits per heavy atom. The van der Waals surface area contributed by atoms with Gasteiger partial charge in [0.05, 0.1) is 7.11 Å². The number of rotatable bonds is 2. The van der Waals surface area contributed by atoms with Crippen LogP contribution in [-0.4, -0.2) is 13.1 Å². The van der Waals surface area contributed by atoms with Gasteiger partial charge in [0.2, 0.25) is 0 Å². The quantitative estimate of drug-likeness (QED) is 0.454. The van der Waals surface area contributed by atoms with E-state index in [0.717, 1.165) is 5.57 Å². The van der Waals surface area contributed by atoms with Crippen LogP contribution < -0.4 is 0 Å². The van der Waals surface area contributed by atoms with Gasteiger partial charge in [-0.25, -0.2) is 4.79 Å². The normalized spacial score (nSPS) is 26.1. The predicted molar refractivity (Wildman–Crippen MR) is 85.2 cm³/mol. The van der Waals surface area contributed by atoms with E-state index >= 15 is 0 Å². The number of ether oxygens (including phenoxy) is 1. The Kier molecular flexibility index (Phi) is 4.91. The van der Waals surface area contributed by atoms with Crippen LogP contribution in [-0.2, 0) is 9.53 Å². The highest BCUT2D eigenvalue weighted by molar-refractivity contribution is 14.1. The zero-order valence-electron chi connectivity index (χ0n) is 9.84. The number of allylic oxidation sites excluding steroid dienone is 3. The van der Waals surface area contributed by atoms with Crippen LogP contribution in [0, 0.1) is 11.8 Å². The minimum absolute atomic E-state index is 0.151. The van der Waals surface area contributed by atoms with E-state index in [1.165, 1.54) is 46.4 Å². The molecule has 0 aromatic carbocycles. The van der Waals surface area contributed by atoms with Crippen molar-refractivity contribution < 1.29 is 9.53 Å². The van der Waals surface area contributed by atoms with Gasteiger partial charge in [0.1, 0.15) is 0 Å². The molecule has 0 heterocycles. The maximum atomic E-state index is 11.8. The maximum absolute atomic E-state index is 11.8. The zero-order valence-corrected chi connectivity index (χ0v) is 14.2. The van der Waals surface area contributed by atoms with Crippen molar-refractivity contribution in [1.29, 1.82) is 0 Å². The Balaban J connectivity index is 2.22. The maximum Gasteiger partial charge on any atom is 0.334 e. The van der Waals surface area contributed by atoms with Crippen LogP contribution in [0.3, 0.4) is 0 Å². The van der Waals surface area contributed by atoms with Crippen molar-refractivity contribution in [2.75, 3.05) is 7.11 Å². The highest BCUT2D eigenvalue weighted by Gasteiger charge is 2.36. The van der Waals surface area contributed by atoms with Crippen LogP contribution in [0.15, 0.2) is 18.8 Å². The minimum atomic E-state index is -0.151. The summed E-state index contributed by atoms with van der Waals surface area (Å²) >= 11 is 4.72. The molecule has 0 N–H and O–H groups in total. The van der Waals surface area contributed by atoms with E-state index in [9.17, 15) is 4.79 Å². The predicted octanol–water partition coefficient (Wildman–Crippen LogP) is 4.38. The topological polar surface area (TPSA) is 26.3 Å². The average Bonchev–Trinajstić information content (AvgIpc) is 2.66. The summed E-state index contributed by atoms with van der Waals surface area (Å²) in [5.41, 5.74) is 0.869. The van der Waals surface area contributed by atoms with Crippen LogP contribution in [0.5, 0.6) is 0 Å². The first-order valence-corrected chi connectivity index (χ1v) is 8.16. The van der Waals surface area contributed by atoms with Crippen LogP contribution in [0.4, 0.5) is 0 Å². The van der Waals surface area contributed by atoms with E-state index in [1.54, 1.807) is 0 Å². The van der Waals surface area contributed by atoms with Gasteiger partial charge in [0.25, 0.3) is 0 Å². The van der Waals surface area contributed by atoms with E-state index in [0.29, 0.717) is 11.8 Å². The molecule has 17 heavy (non-hydrogen) atoms. The van der Waals surface area contributed by atoms with Gasteiger partial charge in [0.15, 0.2) is 0 Å². The van der Waals surface area contributed by atoms with Crippen LogP contribution in [0.25, 0.3) is 0 Å². The lowest BCUT2D eigenvalue weighted by Crippen LogP contribution is -2.23. The number of halogens is 2. The number of methoxy groups -OCH3 is 1. The first kappa shape index (κ1) is 13.8. The smallest absolute Gasteiger partial charge is 0.334 e. The lowest BCUT2D eigenvalue weighted by molar-refractivity contribution is -0.136. The van der Waals surface area contributed by atoms with Gasteiger partial charge in [-0.05, 0) is 70.0 Å². The molecule has 0 amide bonds. The molecule has 0 aromatic rings. The van der Waals surface area contributed by atoms with Crippen molar-refractivity contribution in [2.24, 2.45) is 11.8 Å². The number of carbonyl (C=O) groups excluding carboxylic acids is 1. The number of hydrogen-bond donors (Lipinski definition) is 0. The van der Waals surface area contributed by atoms with E-state index in [-0.39, 0.29) is 5.97 Å². The zero-order chi connectivity index (χ0) is 12.4. The third kappa shape index (κ3) is 2.88. The molecule has 0 saturated heterocycles. The molecule has 2 nitrogen and oxygen atoms in total. The van der Waals surface area contributed by atoms with Gasteiger partial charge in [-0.2, -0.15) is 0 Å². The van der Waals surface area contributed by atoms with Gasteiger partial charge in [-0.1, -0.05) is 19.3 Å². The number of carbonyl (C=O) groups is 1. The summed E-state index contributed by atoms with van der Waals surface area (Å²) in [6.45, 7) is 0. The molecular weight excluding hydrogens is 442 g/mol. The molecule has 0 aromatic heterocycles. The molecule has 0 bridgehead atoms. The second kappa shape index (κ2) is 6.04. The van der Waals surface area contributed by atoms with Crippen molar-refractivity contribution in [3.05, 3.63) is 18.8 Å². The fraction of sp³-hybridized carbons (Fsp3) is 0.615. The van der Waals surface area contributed by atoms with Crippen molar-refractivity contribution in [1.82, 2.24) is 0 Å². The Morgan fingerprint density at radius 3 is 2.53 bits per heavy atom. The third-order valence-corrected chi connectivity index (χ3v) is 6.84. The second-order valence-electron chi connectivity index (χ2n) is 4.66. The summed E-state index contributed by atoms with van der Waals surface area (Å²) < 4.78 is 7.45. The number of esters is 1. The summed E-state index contributed by atoms with van der Waals surface area (Å²) in [7, 11) is 1.47. The first-order chi connectivity index (χ1) is 8.15. The Bertz CT molecular complexity index is 379. The molecule has 1 fully saturated rings. The Labute approximate surface area is 130 Å². The summed E-state index contributed by atoms with van der Waals surface area (Å²) in [6.07, 6.45) is 8.45. The fourth-order valence-electron chi connectivity index (χ4n) is 2.81. The lowest BCUT2D eigenvalue weighted by atomic mass is 9.78. The van der Waals surface area contributed by atoms with Crippen molar-refractivity contribution in [2.45, 2.75) is 32.1 Å². The first-order valence-electron chi connectivity index (χ1n) is 6.00. The fourth-order valence-corrected chi connectivity index (χ4v) is 4.48. The van der Waals surface area contributed by atoms with Crippen LogP contribution in [0.1, 0.15) is 32.1 Å². The van der Waals surface area contributed by atoms with Gasteiger partial charge in [0, 0.05) is 18.7 Å². The van der Waals surface area contributed by atoms with E-state index in [2.05, 4.69) is 45.2 Å². The van der Waals surface area contributed by atoms with Gasteiger partial charge in [-0.15, -0.1) is 0 Å². The van der Waals surface area contributed by atoms with E-state index in [1.807, 2.05) is 6.08 Å². The van der Waals surface area contributed by atoms with Gasteiger partial charge < -0.3 is 4.74 Å². The summed E-state index contributed by atoms with van der Waals surface area (Å²) in [4.78, 5) is 11.8. The largest absolute Gasteiger partial charge is 0.466 e. The van der Waals surface area contributed by atoms with E-state index < -0.39 is 0 Å². The SMILES string of the molecule is COC(=O)C1=CC(I)=C(I)C1C1CCCCC1. The highest BCUT2D eigenvalue weighted by Crippen LogP contribution is 2.47. The van der Waals surface area contributed by atoms with Crippen molar-refractivity contribution in [3.63, 3.8) is 0 Å². The monoisotopic (exact) mass is 458 g/mol. The molecule has 0 aliphatic heterocycles. The van der Waals surface area contributed by atoms with Crippen molar-refractivity contribution >= 4 is 51.2 Å². The Hall–Kier alpha value is 0.410. The lowest BCUT2D eigenvalue weighted by Gasteiger charge is -2.29. The molecular formula is C13H16I2O2. The third-order valence-electron chi connectivity index (χ3n) is 3.66. The molecule has 0 radical (unpaired) electrons. The van der Waals surface area contributed by atoms with Crippen LogP contribution in [0.2, 0.25) is 0 Å². The molecule has 0 spiro atoms. The molecule has 2 aliphatic carbocycles.